The van der Waals surface area contributed by atoms with Gasteiger partial charge in [0.05, 0.1) is 13.2 Å². The second-order valence-electron chi connectivity index (χ2n) is 5.03. The van der Waals surface area contributed by atoms with Crippen LogP contribution in [0.5, 0.6) is 11.5 Å². The lowest BCUT2D eigenvalue weighted by Gasteiger charge is -2.13. The molecule has 2 aliphatic heterocycles. The Morgan fingerprint density at radius 2 is 2.12 bits per heavy atom. The molecule has 1 aromatic carbocycles. The molecule has 0 saturated heterocycles. The molecule has 0 radical (unpaired) electrons. The quantitative estimate of drug-likeness (QED) is 0.866. The molecule has 2 N–H and O–H groups in total. The third kappa shape index (κ3) is 1.89. The van der Waals surface area contributed by atoms with E-state index >= 15 is 0 Å². The Balaban J connectivity index is 1.99. The molecular weight excluding hydrogens is 214 g/mol. The molecule has 0 spiro atoms. The van der Waals surface area contributed by atoms with Crippen molar-refractivity contribution < 1.29 is 9.47 Å². The van der Waals surface area contributed by atoms with Gasteiger partial charge in [0.25, 0.3) is 0 Å². The third-order valence-corrected chi connectivity index (χ3v) is 3.61. The van der Waals surface area contributed by atoms with Gasteiger partial charge in [-0.1, -0.05) is 0 Å². The molecule has 1 aromatic rings. The second-order valence-corrected chi connectivity index (χ2v) is 5.03. The first-order chi connectivity index (χ1) is 8.25. The van der Waals surface area contributed by atoms with Crippen LogP contribution < -0.4 is 15.2 Å². The van der Waals surface area contributed by atoms with Gasteiger partial charge < -0.3 is 15.2 Å². The van der Waals surface area contributed by atoms with Crippen molar-refractivity contribution in [3.05, 3.63) is 22.8 Å². The maximum absolute atomic E-state index is 5.86. The zero-order chi connectivity index (χ0) is 11.8. The van der Waals surface area contributed by atoms with Crippen LogP contribution in [0.3, 0.4) is 0 Å². The van der Waals surface area contributed by atoms with Gasteiger partial charge in [-0.3, -0.25) is 0 Å². The zero-order valence-electron chi connectivity index (χ0n) is 10.3. The first kappa shape index (κ1) is 10.9. The van der Waals surface area contributed by atoms with Crippen molar-refractivity contribution in [2.24, 2.45) is 5.73 Å². The lowest BCUT2D eigenvalue weighted by Crippen LogP contribution is -2.16. The fourth-order valence-corrected chi connectivity index (χ4v) is 2.72. The highest BCUT2D eigenvalue weighted by Crippen LogP contribution is 2.41. The molecule has 1 atom stereocenters. The van der Waals surface area contributed by atoms with Crippen LogP contribution in [0.15, 0.2) is 6.07 Å². The Morgan fingerprint density at radius 1 is 1.29 bits per heavy atom. The molecule has 3 nitrogen and oxygen atoms in total. The summed E-state index contributed by atoms with van der Waals surface area (Å²) in [5.74, 6) is 2.20. The molecule has 3 heteroatoms. The summed E-state index contributed by atoms with van der Waals surface area (Å²) >= 11 is 0. The fourth-order valence-electron chi connectivity index (χ4n) is 2.72. The van der Waals surface area contributed by atoms with Gasteiger partial charge in [-0.25, -0.2) is 0 Å². The number of benzene rings is 1. The van der Waals surface area contributed by atoms with Crippen LogP contribution in [0.25, 0.3) is 0 Å². The van der Waals surface area contributed by atoms with Crippen molar-refractivity contribution in [2.75, 3.05) is 13.2 Å². The Labute approximate surface area is 102 Å². The van der Waals surface area contributed by atoms with Gasteiger partial charge in [0.15, 0.2) is 0 Å². The molecule has 17 heavy (non-hydrogen) atoms. The standard InChI is InChI=1S/C14H19NO2/c1-9(15)2-3-12-11-5-7-16-13(11)8-10-4-6-17-14(10)12/h8-9H,2-7,15H2,1H3. The van der Waals surface area contributed by atoms with E-state index in [9.17, 15) is 0 Å². The lowest BCUT2D eigenvalue weighted by atomic mass is 9.95. The van der Waals surface area contributed by atoms with Crippen molar-refractivity contribution in [3.8, 4) is 11.5 Å². The first-order valence-electron chi connectivity index (χ1n) is 6.44. The largest absolute Gasteiger partial charge is 0.493 e. The van der Waals surface area contributed by atoms with Gasteiger partial charge in [0.1, 0.15) is 11.5 Å². The van der Waals surface area contributed by atoms with Crippen molar-refractivity contribution in [1.82, 2.24) is 0 Å². The van der Waals surface area contributed by atoms with Crippen molar-refractivity contribution in [1.29, 1.82) is 0 Å². The first-order valence-corrected chi connectivity index (χ1v) is 6.44. The van der Waals surface area contributed by atoms with Crippen LogP contribution in [0.4, 0.5) is 0 Å². The van der Waals surface area contributed by atoms with Crippen molar-refractivity contribution in [3.63, 3.8) is 0 Å². The lowest BCUT2D eigenvalue weighted by molar-refractivity contribution is 0.352. The molecule has 0 bridgehead atoms. The van der Waals surface area contributed by atoms with Crippen LogP contribution in [-0.4, -0.2) is 19.3 Å². The van der Waals surface area contributed by atoms with E-state index < -0.39 is 0 Å². The van der Waals surface area contributed by atoms with Crippen LogP contribution in [0.1, 0.15) is 30.0 Å². The Hall–Kier alpha value is -1.22. The molecule has 1 unspecified atom stereocenters. The monoisotopic (exact) mass is 233 g/mol. The number of hydrogen-bond acceptors (Lipinski definition) is 3. The molecule has 3 rings (SSSR count). The molecule has 0 fully saturated rings. The summed E-state index contributed by atoms with van der Waals surface area (Å²) in [4.78, 5) is 0. The second kappa shape index (κ2) is 4.22. The topological polar surface area (TPSA) is 44.5 Å². The number of nitrogens with two attached hydrogens (primary N) is 1. The normalized spacial score (nSPS) is 18.2. The number of hydrogen-bond donors (Lipinski definition) is 1. The van der Waals surface area contributed by atoms with Crippen molar-refractivity contribution >= 4 is 0 Å². The Bertz CT molecular complexity index is 408. The van der Waals surface area contributed by atoms with Gasteiger partial charge in [-0.15, -0.1) is 0 Å². The Morgan fingerprint density at radius 3 is 2.94 bits per heavy atom. The van der Waals surface area contributed by atoms with Gasteiger partial charge in [0, 0.05) is 35.6 Å². The van der Waals surface area contributed by atoms with E-state index in [0.29, 0.717) is 0 Å². The molecule has 2 aliphatic rings. The highest BCUT2D eigenvalue weighted by molar-refractivity contribution is 5.56. The molecule has 0 aliphatic carbocycles. The summed E-state index contributed by atoms with van der Waals surface area (Å²) in [5, 5.41) is 0. The van der Waals surface area contributed by atoms with E-state index in [1.54, 1.807) is 0 Å². The summed E-state index contributed by atoms with van der Waals surface area (Å²) in [7, 11) is 0. The van der Waals surface area contributed by atoms with Gasteiger partial charge >= 0.3 is 0 Å². The van der Waals surface area contributed by atoms with Gasteiger partial charge in [0.2, 0.25) is 0 Å². The van der Waals surface area contributed by atoms with Gasteiger partial charge in [-0.05, 0) is 25.8 Å². The summed E-state index contributed by atoms with van der Waals surface area (Å²) in [6.45, 7) is 3.67. The average Bonchev–Trinajstić information content (AvgIpc) is 2.90. The zero-order valence-corrected chi connectivity index (χ0v) is 10.3. The maximum atomic E-state index is 5.86. The van der Waals surface area contributed by atoms with E-state index in [4.69, 9.17) is 15.2 Å². The predicted molar refractivity (Wildman–Crippen MR) is 66.8 cm³/mol. The SMILES string of the molecule is CC(N)CCc1c2c(cc3c1OCC3)OCC2. The maximum Gasteiger partial charge on any atom is 0.126 e. The highest BCUT2D eigenvalue weighted by atomic mass is 16.5. The highest BCUT2D eigenvalue weighted by Gasteiger charge is 2.26. The van der Waals surface area contributed by atoms with Crippen LogP contribution in [0, 0.1) is 0 Å². The average molecular weight is 233 g/mol. The summed E-state index contributed by atoms with van der Waals surface area (Å²) in [6, 6.07) is 2.41. The predicted octanol–water partition coefficient (Wildman–Crippen LogP) is 1.84. The third-order valence-electron chi connectivity index (χ3n) is 3.61. The van der Waals surface area contributed by atoms with Gasteiger partial charge in [-0.2, -0.15) is 0 Å². The minimum atomic E-state index is 0.241. The minimum Gasteiger partial charge on any atom is -0.493 e. The molecule has 0 amide bonds. The van der Waals surface area contributed by atoms with E-state index in [2.05, 4.69) is 13.0 Å². The van der Waals surface area contributed by atoms with E-state index in [1.807, 2.05) is 0 Å². The van der Waals surface area contributed by atoms with Crippen LogP contribution in [0.2, 0.25) is 0 Å². The molecule has 0 aromatic heterocycles. The number of ether oxygens (including phenoxy) is 2. The number of fused-ring (bicyclic) bond motifs is 2. The van der Waals surface area contributed by atoms with E-state index in [0.717, 1.165) is 50.4 Å². The smallest absolute Gasteiger partial charge is 0.126 e. The van der Waals surface area contributed by atoms with Crippen LogP contribution >= 0.6 is 0 Å². The van der Waals surface area contributed by atoms with E-state index in [-0.39, 0.29) is 6.04 Å². The molecule has 2 heterocycles. The summed E-state index contributed by atoms with van der Waals surface area (Å²) in [5.41, 5.74) is 9.87. The molecule has 92 valence electrons. The van der Waals surface area contributed by atoms with E-state index in [1.165, 1.54) is 16.7 Å². The minimum absolute atomic E-state index is 0.241. The molecular formula is C14H19NO2. The summed E-state index contributed by atoms with van der Waals surface area (Å²) < 4.78 is 11.5. The molecule has 0 saturated carbocycles. The fraction of sp³-hybridized carbons (Fsp3) is 0.571. The van der Waals surface area contributed by atoms with Crippen LogP contribution in [-0.2, 0) is 19.3 Å². The Kier molecular flexibility index (Phi) is 2.71. The number of rotatable bonds is 3. The summed E-state index contributed by atoms with van der Waals surface area (Å²) in [6.07, 6.45) is 4.04. The van der Waals surface area contributed by atoms with Crippen molar-refractivity contribution in [2.45, 2.75) is 38.6 Å².